The zero-order valence-corrected chi connectivity index (χ0v) is 16.8. The third kappa shape index (κ3) is 5.27. The van der Waals surface area contributed by atoms with Gasteiger partial charge in [0.05, 0.1) is 12.0 Å². The molecular weight excluding hydrogens is 372 g/mol. The van der Waals surface area contributed by atoms with Gasteiger partial charge in [-0.25, -0.2) is 8.42 Å². The Kier molecular flexibility index (Phi) is 6.21. The van der Waals surface area contributed by atoms with Gasteiger partial charge >= 0.3 is 0 Å². The fourth-order valence-corrected chi connectivity index (χ4v) is 3.99. The maximum absolute atomic E-state index is 12.5. The van der Waals surface area contributed by atoms with E-state index in [1.807, 2.05) is 43.3 Å². The maximum Gasteiger partial charge on any atom is 0.261 e. The van der Waals surface area contributed by atoms with Crippen molar-refractivity contribution in [2.24, 2.45) is 0 Å². The van der Waals surface area contributed by atoms with Gasteiger partial charge in [0.25, 0.3) is 10.0 Å². The van der Waals surface area contributed by atoms with Gasteiger partial charge in [-0.3, -0.25) is 4.72 Å². The Labute approximate surface area is 166 Å². The van der Waals surface area contributed by atoms with Crippen LogP contribution in [0.25, 0.3) is 0 Å². The predicted octanol–water partition coefficient (Wildman–Crippen LogP) is 4.46. The van der Waals surface area contributed by atoms with Gasteiger partial charge in [-0.15, -0.1) is 0 Å². The summed E-state index contributed by atoms with van der Waals surface area (Å²) >= 11 is 0. The van der Waals surface area contributed by atoms with Gasteiger partial charge in [0.1, 0.15) is 5.75 Å². The van der Waals surface area contributed by atoms with Gasteiger partial charge in [-0.05, 0) is 73.0 Å². The van der Waals surface area contributed by atoms with Crippen LogP contribution in [0.15, 0.2) is 77.7 Å². The third-order valence-corrected chi connectivity index (χ3v) is 5.69. The maximum atomic E-state index is 12.5. The molecule has 0 aliphatic heterocycles. The summed E-state index contributed by atoms with van der Waals surface area (Å²) in [6.45, 7) is 2.63. The Morgan fingerprint density at radius 2 is 1.61 bits per heavy atom. The van der Waals surface area contributed by atoms with Crippen LogP contribution in [0.4, 0.5) is 11.4 Å². The number of ether oxygens (including phenoxy) is 1. The first-order valence-electron chi connectivity index (χ1n) is 9.03. The summed E-state index contributed by atoms with van der Waals surface area (Å²) in [7, 11) is -1.93. The molecule has 0 bridgehead atoms. The van der Waals surface area contributed by atoms with Crippen LogP contribution in [0.3, 0.4) is 0 Å². The van der Waals surface area contributed by atoms with Crippen LogP contribution in [0.5, 0.6) is 5.75 Å². The summed E-state index contributed by atoms with van der Waals surface area (Å²) in [4.78, 5) is 0.257. The number of benzene rings is 3. The second-order valence-electron chi connectivity index (χ2n) is 6.53. The van der Waals surface area contributed by atoms with Crippen LogP contribution in [0.1, 0.15) is 11.1 Å². The van der Waals surface area contributed by atoms with E-state index >= 15 is 0 Å². The molecule has 3 aromatic rings. The monoisotopic (exact) mass is 396 g/mol. The lowest BCUT2D eigenvalue weighted by Gasteiger charge is -2.11. The van der Waals surface area contributed by atoms with E-state index in [1.165, 1.54) is 5.56 Å². The number of hydrogen-bond donors (Lipinski definition) is 2. The molecule has 0 atom stereocenters. The molecule has 146 valence electrons. The minimum Gasteiger partial charge on any atom is -0.497 e. The largest absolute Gasteiger partial charge is 0.497 e. The zero-order chi connectivity index (χ0) is 20.0. The Hall–Kier alpha value is -2.99. The Morgan fingerprint density at radius 1 is 0.893 bits per heavy atom. The molecule has 0 aromatic heterocycles. The average Bonchev–Trinajstić information content (AvgIpc) is 2.69. The van der Waals surface area contributed by atoms with Gasteiger partial charge in [-0.1, -0.05) is 24.3 Å². The fourth-order valence-electron chi connectivity index (χ4n) is 2.83. The zero-order valence-electron chi connectivity index (χ0n) is 16.0. The molecule has 6 heteroatoms. The van der Waals surface area contributed by atoms with Crippen molar-refractivity contribution in [1.29, 1.82) is 0 Å². The van der Waals surface area contributed by atoms with Crippen molar-refractivity contribution in [3.8, 4) is 5.75 Å². The molecule has 28 heavy (non-hydrogen) atoms. The molecule has 0 saturated carbocycles. The van der Waals surface area contributed by atoms with Crippen molar-refractivity contribution < 1.29 is 13.2 Å². The summed E-state index contributed by atoms with van der Waals surface area (Å²) in [6.07, 6.45) is 0.860. The number of rotatable bonds is 8. The fraction of sp³-hybridized carbons (Fsp3) is 0.182. The first kappa shape index (κ1) is 19.8. The molecule has 0 unspecified atom stereocenters. The lowest BCUT2D eigenvalue weighted by atomic mass is 10.1. The van der Waals surface area contributed by atoms with Gasteiger partial charge < -0.3 is 10.1 Å². The topological polar surface area (TPSA) is 67.4 Å². The summed E-state index contributed by atoms with van der Waals surface area (Å²) in [5.74, 6) is 0.850. The van der Waals surface area contributed by atoms with Crippen LogP contribution >= 0.6 is 0 Å². The van der Waals surface area contributed by atoms with Gasteiger partial charge in [0.15, 0.2) is 0 Å². The van der Waals surface area contributed by atoms with Crippen molar-refractivity contribution in [1.82, 2.24) is 0 Å². The highest BCUT2D eigenvalue weighted by Crippen LogP contribution is 2.19. The Bertz CT molecular complexity index is 1030. The second kappa shape index (κ2) is 8.80. The van der Waals surface area contributed by atoms with Crippen LogP contribution < -0.4 is 14.8 Å². The van der Waals surface area contributed by atoms with Gasteiger partial charge in [0, 0.05) is 17.9 Å². The summed E-state index contributed by atoms with van der Waals surface area (Å²) in [6, 6.07) is 22.0. The predicted molar refractivity (Wildman–Crippen MR) is 114 cm³/mol. The standard InChI is InChI=1S/C22H24N2O3S/c1-17-5-3-8-22(15-17)28(25,26)24-20-11-9-19(10-12-20)23-14-13-18-6-4-7-21(16-18)27-2/h3-12,15-16,23-24H,13-14H2,1-2H3. The molecule has 0 aliphatic carbocycles. The highest BCUT2D eigenvalue weighted by atomic mass is 32.2. The van der Waals surface area contributed by atoms with Crippen molar-refractivity contribution in [3.05, 3.63) is 83.9 Å². The van der Waals surface area contributed by atoms with E-state index in [-0.39, 0.29) is 4.90 Å². The smallest absolute Gasteiger partial charge is 0.261 e. The third-order valence-electron chi connectivity index (χ3n) is 4.31. The lowest BCUT2D eigenvalue weighted by Crippen LogP contribution is -2.13. The SMILES string of the molecule is COc1cccc(CCNc2ccc(NS(=O)(=O)c3cccc(C)c3)cc2)c1. The van der Waals surface area contributed by atoms with E-state index in [0.29, 0.717) is 5.69 Å². The molecule has 0 spiro atoms. The number of aryl methyl sites for hydroxylation is 1. The van der Waals surface area contributed by atoms with Crippen LogP contribution in [0, 0.1) is 6.92 Å². The van der Waals surface area contributed by atoms with Crippen molar-refractivity contribution in [3.63, 3.8) is 0 Å². The molecule has 0 fully saturated rings. The summed E-state index contributed by atoms with van der Waals surface area (Å²) in [5, 5.41) is 3.34. The first-order chi connectivity index (χ1) is 13.5. The molecule has 0 heterocycles. The van der Waals surface area contributed by atoms with Crippen molar-refractivity contribution in [2.45, 2.75) is 18.2 Å². The van der Waals surface area contributed by atoms with Crippen molar-refractivity contribution in [2.75, 3.05) is 23.7 Å². The van der Waals surface area contributed by atoms with Crippen LogP contribution in [0.2, 0.25) is 0 Å². The number of nitrogens with one attached hydrogen (secondary N) is 2. The van der Waals surface area contributed by atoms with E-state index in [2.05, 4.69) is 16.1 Å². The van der Waals surface area contributed by atoms with Gasteiger partial charge in [-0.2, -0.15) is 0 Å². The number of sulfonamides is 1. The lowest BCUT2D eigenvalue weighted by molar-refractivity contribution is 0.414. The van der Waals surface area contributed by atoms with E-state index in [9.17, 15) is 8.42 Å². The molecule has 0 aliphatic rings. The average molecular weight is 397 g/mol. The Morgan fingerprint density at radius 3 is 2.32 bits per heavy atom. The molecule has 0 radical (unpaired) electrons. The summed E-state index contributed by atoms with van der Waals surface area (Å²) < 4.78 is 32.8. The van der Waals surface area contributed by atoms with E-state index in [1.54, 1.807) is 37.4 Å². The molecule has 0 saturated heterocycles. The van der Waals surface area contributed by atoms with Crippen LogP contribution in [-0.2, 0) is 16.4 Å². The normalized spacial score (nSPS) is 11.1. The quantitative estimate of drug-likeness (QED) is 0.590. The Balaban J connectivity index is 1.57. The number of hydrogen-bond acceptors (Lipinski definition) is 4. The van der Waals surface area contributed by atoms with E-state index < -0.39 is 10.0 Å². The highest BCUT2D eigenvalue weighted by Gasteiger charge is 2.13. The van der Waals surface area contributed by atoms with E-state index in [0.717, 1.165) is 30.0 Å². The van der Waals surface area contributed by atoms with E-state index in [4.69, 9.17) is 4.74 Å². The van der Waals surface area contributed by atoms with Gasteiger partial charge in [0.2, 0.25) is 0 Å². The molecule has 0 amide bonds. The molecule has 5 nitrogen and oxygen atoms in total. The highest BCUT2D eigenvalue weighted by molar-refractivity contribution is 7.92. The number of methoxy groups -OCH3 is 1. The molecular formula is C22H24N2O3S. The van der Waals surface area contributed by atoms with Crippen molar-refractivity contribution >= 4 is 21.4 Å². The molecule has 3 rings (SSSR count). The molecule has 3 aromatic carbocycles. The minimum absolute atomic E-state index is 0.257. The van der Waals surface area contributed by atoms with Crippen LogP contribution in [-0.4, -0.2) is 22.1 Å². The first-order valence-corrected chi connectivity index (χ1v) is 10.5. The minimum atomic E-state index is -3.59. The molecule has 2 N–H and O–H groups in total. The summed E-state index contributed by atoms with van der Waals surface area (Å²) in [5.41, 5.74) is 3.55. The number of anilines is 2. The second-order valence-corrected chi connectivity index (χ2v) is 8.21.